The molecule has 3 aromatic heterocycles. The number of fused-ring (bicyclic) bond motifs is 1. The van der Waals surface area contributed by atoms with Crippen LogP contribution in [-0.2, 0) is 11.3 Å². The maximum Gasteiger partial charge on any atom is 0.261 e. The summed E-state index contributed by atoms with van der Waals surface area (Å²) in [6.45, 7) is 1.74. The van der Waals surface area contributed by atoms with Gasteiger partial charge in [-0.05, 0) is 55.0 Å². The minimum absolute atomic E-state index is 0.0218. The molecule has 2 N–H and O–H groups in total. The lowest BCUT2D eigenvalue weighted by atomic mass is 9.99. The first-order valence-electron chi connectivity index (χ1n) is 12.3. The van der Waals surface area contributed by atoms with Crippen molar-refractivity contribution in [1.82, 2.24) is 15.0 Å². The number of pyridine rings is 3. The molecule has 0 unspecified atom stereocenters. The van der Waals surface area contributed by atoms with E-state index in [0.717, 1.165) is 0 Å². The number of halogens is 1. The van der Waals surface area contributed by atoms with Gasteiger partial charge < -0.3 is 24.5 Å². The lowest BCUT2D eigenvalue weighted by molar-refractivity contribution is 0.102. The topological polar surface area (TPSA) is 115 Å². The van der Waals surface area contributed by atoms with Crippen LogP contribution in [0.5, 0.6) is 17.4 Å². The van der Waals surface area contributed by atoms with Crippen molar-refractivity contribution in [3.63, 3.8) is 0 Å². The lowest BCUT2D eigenvalue weighted by Crippen LogP contribution is -2.27. The highest BCUT2D eigenvalue weighted by atomic mass is 19.1. The number of methoxy groups -OCH3 is 2. The van der Waals surface area contributed by atoms with E-state index in [1.54, 1.807) is 55.6 Å². The number of ether oxygens (including phenoxy) is 3. The number of rotatable bonds is 8. The molecule has 10 heteroatoms. The number of H-pyrrole nitrogens is 1. The van der Waals surface area contributed by atoms with Gasteiger partial charge in [0.05, 0.1) is 24.9 Å². The van der Waals surface area contributed by atoms with Gasteiger partial charge in [-0.3, -0.25) is 14.6 Å². The highest BCUT2D eigenvalue weighted by Crippen LogP contribution is 2.30. The third-order valence-electron chi connectivity index (χ3n) is 6.19. The summed E-state index contributed by atoms with van der Waals surface area (Å²) in [7, 11) is 3.00. The highest BCUT2D eigenvalue weighted by molar-refractivity contribution is 6.05. The molecule has 0 aliphatic heterocycles. The normalized spacial score (nSPS) is 10.9. The van der Waals surface area contributed by atoms with Crippen molar-refractivity contribution in [3.8, 4) is 28.5 Å². The summed E-state index contributed by atoms with van der Waals surface area (Å²) in [6, 6.07) is 17.4. The number of aromatic amines is 1. The molecule has 0 atom stereocenters. The van der Waals surface area contributed by atoms with Gasteiger partial charge >= 0.3 is 0 Å². The Morgan fingerprint density at radius 3 is 2.45 bits per heavy atom. The quantitative estimate of drug-likeness (QED) is 0.262. The van der Waals surface area contributed by atoms with Gasteiger partial charge in [-0.1, -0.05) is 12.1 Å². The van der Waals surface area contributed by atoms with Crippen molar-refractivity contribution in [1.29, 1.82) is 0 Å². The van der Waals surface area contributed by atoms with E-state index >= 15 is 0 Å². The molecule has 0 bridgehead atoms. The monoisotopic (exact) mass is 540 g/mol. The fourth-order valence-corrected chi connectivity index (χ4v) is 4.35. The standard InChI is InChI=1S/C30H25FN4O5/c1-17-26(18-4-6-19(31)7-5-18)29(36)27(23(33-17)16-38-2)30(37)34-20-8-10-21(11-9-20)40-24-14-15-32-22-12-13-25(39-3)35-28(22)24/h4-15H,16H2,1-3H3,(H,33,36)(H,34,37). The number of nitrogens with zero attached hydrogens (tertiary/aromatic N) is 2. The molecule has 0 aliphatic carbocycles. The average molecular weight is 541 g/mol. The second kappa shape index (κ2) is 11.3. The summed E-state index contributed by atoms with van der Waals surface area (Å²) in [5, 5.41) is 2.77. The molecule has 0 aliphatic rings. The van der Waals surface area contributed by atoms with Gasteiger partial charge in [0.15, 0.2) is 5.75 Å². The number of carbonyl (C=O) groups excluding carboxylic acids is 1. The van der Waals surface area contributed by atoms with E-state index < -0.39 is 17.2 Å². The van der Waals surface area contributed by atoms with E-state index in [2.05, 4.69) is 20.3 Å². The molecule has 0 radical (unpaired) electrons. The number of hydrogen-bond acceptors (Lipinski definition) is 7. The van der Waals surface area contributed by atoms with Crippen molar-refractivity contribution >= 4 is 22.6 Å². The van der Waals surface area contributed by atoms with Crippen LogP contribution < -0.4 is 20.2 Å². The van der Waals surface area contributed by atoms with Crippen molar-refractivity contribution in [3.05, 3.63) is 106 Å². The molecule has 40 heavy (non-hydrogen) atoms. The summed E-state index contributed by atoms with van der Waals surface area (Å²) < 4.78 is 29.9. The van der Waals surface area contributed by atoms with Gasteiger partial charge in [0, 0.05) is 42.4 Å². The van der Waals surface area contributed by atoms with Gasteiger partial charge in [-0.25, -0.2) is 9.37 Å². The Kier molecular flexibility index (Phi) is 7.52. The van der Waals surface area contributed by atoms with Gasteiger partial charge in [-0.15, -0.1) is 0 Å². The number of aryl methyl sites for hydroxylation is 1. The predicted molar refractivity (Wildman–Crippen MR) is 148 cm³/mol. The maximum absolute atomic E-state index is 13.5. The van der Waals surface area contributed by atoms with E-state index in [4.69, 9.17) is 14.2 Å². The van der Waals surface area contributed by atoms with Crippen molar-refractivity contribution in [2.24, 2.45) is 0 Å². The van der Waals surface area contributed by atoms with Crippen LogP contribution in [0.1, 0.15) is 21.7 Å². The molecule has 9 nitrogen and oxygen atoms in total. The summed E-state index contributed by atoms with van der Waals surface area (Å²) in [5.41, 5.74) is 2.72. The summed E-state index contributed by atoms with van der Waals surface area (Å²) in [6.07, 6.45) is 1.62. The molecule has 1 amide bonds. The summed E-state index contributed by atoms with van der Waals surface area (Å²) in [5.74, 6) is 0.394. The smallest absolute Gasteiger partial charge is 0.261 e. The van der Waals surface area contributed by atoms with Crippen LogP contribution in [0.25, 0.3) is 22.2 Å². The van der Waals surface area contributed by atoms with E-state index in [1.807, 2.05) is 0 Å². The Hall–Kier alpha value is -5.09. The van der Waals surface area contributed by atoms with Gasteiger partial charge in [-0.2, -0.15) is 0 Å². The van der Waals surface area contributed by atoms with Gasteiger partial charge in [0.2, 0.25) is 11.3 Å². The molecule has 0 saturated heterocycles. The molecule has 5 aromatic rings. The number of benzene rings is 2. The summed E-state index contributed by atoms with van der Waals surface area (Å²) in [4.78, 5) is 38.7. The van der Waals surface area contributed by atoms with E-state index in [-0.39, 0.29) is 17.7 Å². The average Bonchev–Trinajstić information content (AvgIpc) is 2.95. The van der Waals surface area contributed by atoms with Gasteiger partial charge in [0.25, 0.3) is 5.91 Å². The largest absolute Gasteiger partial charge is 0.481 e. The number of aromatic nitrogens is 3. The minimum Gasteiger partial charge on any atom is -0.481 e. The van der Waals surface area contributed by atoms with Crippen molar-refractivity contribution in [2.75, 3.05) is 19.5 Å². The third-order valence-corrected chi connectivity index (χ3v) is 6.19. The fraction of sp³-hybridized carbons (Fsp3) is 0.133. The first kappa shape index (κ1) is 26.5. The minimum atomic E-state index is -0.609. The first-order chi connectivity index (χ1) is 19.4. The molecule has 0 saturated carbocycles. The predicted octanol–water partition coefficient (Wildman–Crippen LogP) is 5.63. The van der Waals surface area contributed by atoms with E-state index in [1.165, 1.54) is 38.5 Å². The van der Waals surface area contributed by atoms with Crippen LogP contribution in [0.2, 0.25) is 0 Å². The fourth-order valence-electron chi connectivity index (χ4n) is 4.35. The van der Waals surface area contributed by atoms with Crippen LogP contribution in [0.4, 0.5) is 10.1 Å². The molecular weight excluding hydrogens is 515 g/mol. The number of anilines is 1. The highest BCUT2D eigenvalue weighted by Gasteiger charge is 2.22. The second-order valence-corrected chi connectivity index (χ2v) is 8.86. The van der Waals surface area contributed by atoms with Crippen molar-refractivity contribution in [2.45, 2.75) is 13.5 Å². The Labute approximate surface area is 228 Å². The van der Waals surface area contributed by atoms with Crippen LogP contribution in [0.3, 0.4) is 0 Å². The van der Waals surface area contributed by atoms with Crippen LogP contribution >= 0.6 is 0 Å². The number of carbonyl (C=O) groups is 1. The Morgan fingerprint density at radius 2 is 1.75 bits per heavy atom. The molecule has 2 aromatic carbocycles. The molecule has 5 rings (SSSR count). The zero-order valence-corrected chi connectivity index (χ0v) is 21.9. The number of amides is 1. The van der Waals surface area contributed by atoms with E-state index in [0.29, 0.717) is 51.1 Å². The molecular formula is C30H25FN4O5. The SMILES string of the molecule is COCc1[nH]c(C)c(-c2ccc(F)cc2)c(=O)c1C(=O)Nc1ccc(Oc2ccnc3ccc(OC)nc23)cc1. The van der Waals surface area contributed by atoms with Crippen LogP contribution in [0.15, 0.2) is 77.7 Å². The Morgan fingerprint density at radius 1 is 1.00 bits per heavy atom. The first-order valence-corrected chi connectivity index (χ1v) is 12.3. The maximum atomic E-state index is 13.5. The molecule has 0 fully saturated rings. The molecule has 202 valence electrons. The Bertz CT molecular complexity index is 1750. The zero-order valence-electron chi connectivity index (χ0n) is 21.9. The number of nitrogens with one attached hydrogen (secondary N) is 2. The number of hydrogen-bond donors (Lipinski definition) is 2. The van der Waals surface area contributed by atoms with Crippen molar-refractivity contribution < 1.29 is 23.4 Å². The molecule has 0 spiro atoms. The third kappa shape index (κ3) is 5.38. The second-order valence-electron chi connectivity index (χ2n) is 8.86. The lowest BCUT2D eigenvalue weighted by Gasteiger charge is -2.14. The zero-order chi connectivity index (χ0) is 28.2. The van der Waals surface area contributed by atoms with Crippen LogP contribution in [0, 0.1) is 12.7 Å². The summed E-state index contributed by atoms with van der Waals surface area (Å²) >= 11 is 0. The van der Waals surface area contributed by atoms with E-state index in [9.17, 15) is 14.0 Å². The van der Waals surface area contributed by atoms with Crippen LogP contribution in [-0.4, -0.2) is 35.1 Å². The molecule has 3 heterocycles. The Balaban J connectivity index is 1.41. The van der Waals surface area contributed by atoms with Gasteiger partial charge in [0.1, 0.15) is 22.6 Å².